The second-order valence-electron chi connectivity index (χ2n) is 4.86. The average Bonchev–Trinajstić information content (AvgIpc) is 2.34. The normalized spacial score (nSPS) is 10.2. The largest absolute Gasteiger partial charge is 0.459 e. The molecule has 0 saturated carbocycles. The van der Waals surface area contributed by atoms with Gasteiger partial charge in [0.25, 0.3) is 0 Å². The van der Waals surface area contributed by atoms with E-state index < -0.39 is 5.97 Å². The lowest BCUT2D eigenvalue weighted by Gasteiger charge is -2.15. The Kier molecular flexibility index (Phi) is 4.97. The van der Waals surface area contributed by atoms with Crippen LogP contribution in [0.15, 0.2) is 18.2 Å². The minimum atomic E-state index is -0.497. The van der Waals surface area contributed by atoms with Gasteiger partial charge in [-0.15, -0.1) is 0 Å². The second kappa shape index (κ2) is 6.26. The molecular formula is C16H20O2. The van der Waals surface area contributed by atoms with Gasteiger partial charge in [0.2, 0.25) is 0 Å². The van der Waals surface area contributed by atoms with E-state index in [-0.39, 0.29) is 0 Å². The van der Waals surface area contributed by atoms with E-state index in [1.165, 1.54) is 18.2 Å². The van der Waals surface area contributed by atoms with Crippen molar-refractivity contribution >= 4 is 5.97 Å². The van der Waals surface area contributed by atoms with E-state index in [9.17, 15) is 4.79 Å². The molecule has 0 aliphatic rings. The molecule has 0 amide bonds. The van der Waals surface area contributed by atoms with Crippen molar-refractivity contribution in [3.8, 4) is 11.8 Å². The summed E-state index contributed by atoms with van der Waals surface area (Å²) in [6.45, 7) is 8.51. The van der Waals surface area contributed by atoms with Crippen LogP contribution >= 0.6 is 0 Å². The summed E-state index contributed by atoms with van der Waals surface area (Å²) >= 11 is 0. The summed E-state index contributed by atoms with van der Waals surface area (Å²) in [5.74, 6) is 5.76. The second-order valence-corrected chi connectivity index (χ2v) is 4.86. The number of hydrogen-bond acceptors (Lipinski definition) is 2. The van der Waals surface area contributed by atoms with E-state index >= 15 is 0 Å². The van der Waals surface area contributed by atoms with Gasteiger partial charge in [-0.2, -0.15) is 0 Å². The number of hydrogen-bond donors (Lipinski definition) is 0. The Morgan fingerprint density at radius 3 is 2.00 bits per heavy atom. The minimum absolute atomic E-state index is 0.380. The Bertz CT molecular complexity index is 461. The van der Waals surface area contributed by atoms with Gasteiger partial charge < -0.3 is 4.74 Å². The fourth-order valence-electron chi connectivity index (χ4n) is 1.86. The number of ether oxygens (including phenoxy) is 1. The predicted octanol–water partition coefficient (Wildman–Crippen LogP) is 3.46. The van der Waals surface area contributed by atoms with Gasteiger partial charge in [0, 0.05) is 11.5 Å². The van der Waals surface area contributed by atoms with Gasteiger partial charge in [-0.3, -0.25) is 0 Å². The summed E-state index contributed by atoms with van der Waals surface area (Å²) in [7, 11) is 1.34. The molecule has 18 heavy (non-hydrogen) atoms. The first-order valence-corrected chi connectivity index (χ1v) is 6.20. The Labute approximate surface area is 109 Å². The Morgan fingerprint density at radius 2 is 1.61 bits per heavy atom. The maximum Gasteiger partial charge on any atom is 0.384 e. The van der Waals surface area contributed by atoms with Gasteiger partial charge in [0.05, 0.1) is 7.11 Å². The van der Waals surface area contributed by atoms with E-state index in [0.717, 1.165) is 5.56 Å². The molecule has 0 unspecified atom stereocenters. The van der Waals surface area contributed by atoms with Crippen molar-refractivity contribution < 1.29 is 9.53 Å². The van der Waals surface area contributed by atoms with E-state index in [0.29, 0.717) is 11.8 Å². The summed E-state index contributed by atoms with van der Waals surface area (Å²) in [5.41, 5.74) is 3.32. The summed E-state index contributed by atoms with van der Waals surface area (Å²) in [4.78, 5) is 11.2. The van der Waals surface area contributed by atoms with Crippen molar-refractivity contribution in [2.75, 3.05) is 7.11 Å². The molecule has 1 aromatic rings. The molecule has 0 radical (unpaired) electrons. The van der Waals surface area contributed by atoms with Crippen molar-refractivity contribution in [1.29, 1.82) is 0 Å². The van der Waals surface area contributed by atoms with E-state index in [1.54, 1.807) is 0 Å². The molecule has 2 nitrogen and oxygen atoms in total. The van der Waals surface area contributed by atoms with Crippen LogP contribution < -0.4 is 0 Å². The average molecular weight is 244 g/mol. The zero-order valence-electron chi connectivity index (χ0n) is 11.7. The maximum absolute atomic E-state index is 11.2. The van der Waals surface area contributed by atoms with Gasteiger partial charge in [0.15, 0.2) is 0 Å². The molecule has 0 bridgehead atoms. The number of carbonyl (C=O) groups excluding carboxylic acids is 1. The molecular weight excluding hydrogens is 224 g/mol. The van der Waals surface area contributed by atoms with Crippen molar-refractivity contribution in [3.05, 3.63) is 34.9 Å². The summed E-state index contributed by atoms with van der Waals surface area (Å²) in [5, 5.41) is 0. The van der Waals surface area contributed by atoms with E-state index in [1.807, 2.05) is 6.07 Å². The van der Waals surface area contributed by atoms with Crippen LogP contribution in [-0.4, -0.2) is 13.1 Å². The highest BCUT2D eigenvalue weighted by Gasteiger charge is 2.11. The van der Waals surface area contributed by atoms with Crippen LogP contribution in [0.4, 0.5) is 0 Å². The van der Waals surface area contributed by atoms with Crippen LogP contribution in [0.25, 0.3) is 0 Å². The van der Waals surface area contributed by atoms with Gasteiger partial charge in [-0.05, 0) is 23.0 Å². The molecule has 0 spiro atoms. The Morgan fingerprint density at radius 1 is 1.11 bits per heavy atom. The van der Waals surface area contributed by atoms with Crippen LogP contribution in [0.3, 0.4) is 0 Å². The monoisotopic (exact) mass is 244 g/mol. The SMILES string of the molecule is COC(=O)C#Cc1c(C(C)C)cccc1C(C)C. The molecule has 2 heteroatoms. The van der Waals surface area contributed by atoms with Crippen molar-refractivity contribution in [2.24, 2.45) is 0 Å². The highest BCUT2D eigenvalue weighted by molar-refractivity contribution is 5.89. The van der Waals surface area contributed by atoms with Crippen LogP contribution in [0.1, 0.15) is 56.2 Å². The number of carbonyl (C=O) groups is 1. The van der Waals surface area contributed by atoms with Crippen LogP contribution in [0.2, 0.25) is 0 Å². The molecule has 1 rings (SSSR count). The third-order valence-electron chi connectivity index (χ3n) is 2.85. The Balaban J connectivity index is 3.34. The van der Waals surface area contributed by atoms with Crippen LogP contribution in [0.5, 0.6) is 0 Å². The molecule has 96 valence electrons. The van der Waals surface area contributed by atoms with Gasteiger partial charge in [-0.25, -0.2) is 4.79 Å². The topological polar surface area (TPSA) is 26.3 Å². The van der Waals surface area contributed by atoms with Crippen molar-refractivity contribution in [1.82, 2.24) is 0 Å². The molecule has 0 atom stereocenters. The van der Waals surface area contributed by atoms with E-state index in [4.69, 9.17) is 0 Å². The molecule has 0 aliphatic heterocycles. The lowest BCUT2D eigenvalue weighted by molar-refractivity contribution is -0.133. The van der Waals surface area contributed by atoms with Crippen LogP contribution in [0, 0.1) is 11.8 Å². The summed E-state index contributed by atoms with van der Waals surface area (Å²) in [6.07, 6.45) is 0. The first kappa shape index (κ1) is 14.3. The minimum Gasteiger partial charge on any atom is -0.459 e. The van der Waals surface area contributed by atoms with Crippen molar-refractivity contribution in [2.45, 2.75) is 39.5 Å². The third-order valence-corrected chi connectivity index (χ3v) is 2.85. The van der Waals surface area contributed by atoms with E-state index in [2.05, 4.69) is 56.4 Å². The fourth-order valence-corrected chi connectivity index (χ4v) is 1.86. The molecule has 0 N–H and O–H groups in total. The number of methoxy groups -OCH3 is 1. The predicted molar refractivity (Wildman–Crippen MR) is 73.5 cm³/mol. The van der Waals surface area contributed by atoms with Crippen molar-refractivity contribution in [3.63, 3.8) is 0 Å². The Hall–Kier alpha value is -1.75. The molecule has 0 aromatic heterocycles. The maximum atomic E-state index is 11.2. The first-order chi connectivity index (χ1) is 8.47. The standard InChI is InChI=1S/C16H20O2/c1-11(2)13-7-6-8-14(12(3)4)15(13)9-10-16(17)18-5/h6-8,11-12H,1-5H3. The van der Waals surface area contributed by atoms with Gasteiger partial charge in [0.1, 0.15) is 0 Å². The smallest absolute Gasteiger partial charge is 0.384 e. The third kappa shape index (κ3) is 3.37. The fraction of sp³-hybridized carbons (Fsp3) is 0.438. The lowest BCUT2D eigenvalue weighted by atomic mass is 9.89. The molecule has 0 aliphatic carbocycles. The highest BCUT2D eigenvalue weighted by atomic mass is 16.5. The number of rotatable bonds is 2. The zero-order valence-corrected chi connectivity index (χ0v) is 11.7. The summed E-state index contributed by atoms with van der Waals surface area (Å²) in [6, 6.07) is 6.18. The number of esters is 1. The molecule has 0 fully saturated rings. The van der Waals surface area contributed by atoms with Gasteiger partial charge in [-0.1, -0.05) is 51.8 Å². The highest BCUT2D eigenvalue weighted by Crippen LogP contribution is 2.26. The zero-order chi connectivity index (χ0) is 13.7. The number of benzene rings is 1. The van der Waals surface area contributed by atoms with Crippen LogP contribution in [-0.2, 0) is 9.53 Å². The van der Waals surface area contributed by atoms with Gasteiger partial charge >= 0.3 is 5.97 Å². The lowest BCUT2D eigenvalue weighted by Crippen LogP contribution is -2.01. The molecule has 0 saturated heterocycles. The summed E-state index contributed by atoms with van der Waals surface area (Å²) < 4.78 is 4.56. The quantitative estimate of drug-likeness (QED) is 0.588. The first-order valence-electron chi connectivity index (χ1n) is 6.20. The molecule has 0 heterocycles. The molecule has 1 aromatic carbocycles.